The summed E-state index contributed by atoms with van der Waals surface area (Å²) in [6, 6.07) is 20.0. The molecule has 0 aliphatic rings. The highest BCUT2D eigenvalue weighted by Crippen LogP contribution is 2.21. The normalized spacial score (nSPS) is 11.2. The second-order valence-corrected chi connectivity index (χ2v) is 8.83. The van der Waals surface area contributed by atoms with Crippen LogP contribution in [-0.2, 0) is 10.0 Å². The Bertz CT molecular complexity index is 1160. The quantitative estimate of drug-likeness (QED) is 0.569. The van der Waals surface area contributed by atoms with E-state index in [1.807, 2.05) is 26.8 Å². The van der Waals surface area contributed by atoms with Crippen molar-refractivity contribution in [1.29, 1.82) is 0 Å². The molecule has 156 valence electrons. The summed E-state index contributed by atoms with van der Waals surface area (Å²) >= 11 is 0. The first kappa shape index (κ1) is 21.4. The lowest BCUT2D eigenvalue weighted by atomic mass is 10.2. The molecule has 0 spiro atoms. The van der Waals surface area contributed by atoms with Gasteiger partial charge in [0.05, 0.1) is 11.0 Å². The number of benzene rings is 3. The van der Waals surface area contributed by atoms with Gasteiger partial charge in [0.25, 0.3) is 15.9 Å². The van der Waals surface area contributed by atoms with Gasteiger partial charge in [0.2, 0.25) is 0 Å². The zero-order valence-corrected chi connectivity index (χ0v) is 17.9. The highest BCUT2D eigenvalue weighted by molar-refractivity contribution is 7.92. The van der Waals surface area contributed by atoms with Crippen molar-refractivity contribution in [3.63, 3.8) is 0 Å². The predicted molar refractivity (Wildman–Crippen MR) is 119 cm³/mol. The van der Waals surface area contributed by atoms with Gasteiger partial charge in [-0.1, -0.05) is 24.3 Å². The van der Waals surface area contributed by atoms with E-state index in [1.165, 1.54) is 18.2 Å². The van der Waals surface area contributed by atoms with Gasteiger partial charge in [-0.2, -0.15) is 0 Å². The van der Waals surface area contributed by atoms with Crippen LogP contribution in [0, 0.1) is 6.92 Å². The number of anilines is 2. The zero-order chi connectivity index (χ0) is 21.7. The van der Waals surface area contributed by atoms with Gasteiger partial charge in [-0.25, -0.2) is 8.42 Å². The molecule has 3 aromatic rings. The number of aryl methyl sites for hydroxylation is 1. The SMILES string of the molecule is Cc1cccc(NS(=O)(=O)c2cccc(C(=O)Nc3cccc(OC(C)C)c3)c2)c1. The molecule has 7 heteroatoms. The summed E-state index contributed by atoms with van der Waals surface area (Å²) in [6.07, 6.45) is 0.0127. The van der Waals surface area contributed by atoms with Crippen molar-refractivity contribution in [2.75, 3.05) is 10.0 Å². The molecule has 0 aliphatic heterocycles. The van der Waals surface area contributed by atoms with Crippen molar-refractivity contribution in [3.05, 3.63) is 83.9 Å². The maximum atomic E-state index is 12.7. The Balaban J connectivity index is 1.78. The number of ether oxygens (including phenoxy) is 1. The van der Waals surface area contributed by atoms with Gasteiger partial charge in [-0.05, 0) is 68.8 Å². The molecular weight excluding hydrogens is 400 g/mol. The molecule has 30 heavy (non-hydrogen) atoms. The molecule has 0 saturated carbocycles. The summed E-state index contributed by atoms with van der Waals surface area (Å²) in [5, 5.41) is 2.77. The van der Waals surface area contributed by atoms with E-state index in [4.69, 9.17) is 4.74 Å². The van der Waals surface area contributed by atoms with Crippen molar-refractivity contribution < 1.29 is 17.9 Å². The van der Waals surface area contributed by atoms with Crippen molar-refractivity contribution in [2.45, 2.75) is 31.8 Å². The summed E-state index contributed by atoms with van der Waals surface area (Å²) in [7, 11) is -3.83. The van der Waals surface area contributed by atoms with Crippen LogP contribution in [-0.4, -0.2) is 20.4 Å². The Morgan fingerprint density at radius 3 is 2.33 bits per heavy atom. The molecule has 0 aromatic heterocycles. The van der Waals surface area contributed by atoms with Crippen molar-refractivity contribution >= 4 is 27.3 Å². The fourth-order valence-corrected chi connectivity index (χ4v) is 3.94. The Hall–Kier alpha value is -3.32. The van der Waals surface area contributed by atoms with Gasteiger partial charge in [0.1, 0.15) is 5.75 Å². The molecule has 6 nitrogen and oxygen atoms in total. The molecule has 0 unspecified atom stereocenters. The Labute approximate surface area is 177 Å². The maximum absolute atomic E-state index is 12.7. The number of rotatable bonds is 7. The Morgan fingerprint density at radius 1 is 0.900 bits per heavy atom. The van der Waals surface area contributed by atoms with Crippen molar-refractivity contribution in [3.8, 4) is 5.75 Å². The summed E-state index contributed by atoms with van der Waals surface area (Å²) in [6.45, 7) is 5.72. The molecule has 0 saturated heterocycles. The standard InChI is InChI=1S/C23H24N2O4S/c1-16(2)29-21-11-6-9-19(15-21)24-23(26)18-8-5-12-22(14-18)30(27,28)25-20-10-4-7-17(3)13-20/h4-16,25H,1-3H3,(H,24,26). The van der Waals surface area contributed by atoms with E-state index in [-0.39, 0.29) is 16.6 Å². The number of amides is 1. The molecule has 0 atom stereocenters. The first-order valence-electron chi connectivity index (χ1n) is 9.50. The average molecular weight is 425 g/mol. The van der Waals surface area contributed by atoms with Crippen molar-refractivity contribution in [2.24, 2.45) is 0 Å². The molecule has 3 rings (SSSR count). The molecule has 2 N–H and O–H groups in total. The minimum atomic E-state index is -3.83. The van der Waals surface area contributed by atoms with E-state index in [0.29, 0.717) is 17.1 Å². The summed E-state index contributed by atoms with van der Waals surface area (Å²) in [5.74, 6) is 0.228. The fraction of sp³-hybridized carbons (Fsp3) is 0.174. The summed E-state index contributed by atoms with van der Waals surface area (Å²) in [5.41, 5.74) is 2.19. The number of nitrogens with one attached hydrogen (secondary N) is 2. The molecule has 0 radical (unpaired) electrons. The van der Waals surface area contributed by atoms with Gasteiger partial charge in [0.15, 0.2) is 0 Å². The summed E-state index contributed by atoms with van der Waals surface area (Å²) < 4.78 is 33.6. The second-order valence-electron chi connectivity index (χ2n) is 7.15. The number of hydrogen-bond donors (Lipinski definition) is 2. The Morgan fingerprint density at radius 2 is 1.60 bits per heavy atom. The smallest absolute Gasteiger partial charge is 0.261 e. The third-order valence-corrected chi connectivity index (χ3v) is 5.52. The molecule has 0 aliphatic carbocycles. The van der Waals surface area contributed by atoms with Crippen LogP contribution in [0.2, 0.25) is 0 Å². The van der Waals surface area contributed by atoms with Gasteiger partial charge >= 0.3 is 0 Å². The van der Waals surface area contributed by atoms with Crippen LogP contribution in [0.1, 0.15) is 29.8 Å². The molecule has 3 aromatic carbocycles. The number of sulfonamides is 1. The van der Waals surface area contributed by atoms with Crippen LogP contribution >= 0.6 is 0 Å². The van der Waals surface area contributed by atoms with Crippen LogP contribution in [0.3, 0.4) is 0 Å². The van der Waals surface area contributed by atoms with Gasteiger partial charge in [-0.3, -0.25) is 9.52 Å². The number of hydrogen-bond acceptors (Lipinski definition) is 4. The van der Waals surface area contributed by atoms with E-state index in [0.717, 1.165) is 5.56 Å². The Kier molecular flexibility index (Phi) is 6.42. The van der Waals surface area contributed by atoms with Crippen LogP contribution in [0.25, 0.3) is 0 Å². The monoisotopic (exact) mass is 424 g/mol. The minimum Gasteiger partial charge on any atom is -0.491 e. The average Bonchev–Trinajstić information content (AvgIpc) is 2.67. The third-order valence-electron chi connectivity index (χ3n) is 4.14. The van der Waals surface area contributed by atoms with E-state index in [2.05, 4.69) is 10.0 Å². The lowest BCUT2D eigenvalue weighted by molar-refractivity contribution is 0.102. The molecule has 0 bridgehead atoms. The highest BCUT2D eigenvalue weighted by Gasteiger charge is 2.17. The zero-order valence-electron chi connectivity index (χ0n) is 17.0. The third kappa shape index (κ3) is 5.61. The largest absolute Gasteiger partial charge is 0.491 e. The first-order valence-corrected chi connectivity index (χ1v) is 11.0. The van der Waals surface area contributed by atoms with Crippen LogP contribution in [0.5, 0.6) is 5.75 Å². The van der Waals surface area contributed by atoms with Gasteiger partial charge in [0, 0.05) is 23.0 Å². The highest BCUT2D eigenvalue weighted by atomic mass is 32.2. The topological polar surface area (TPSA) is 84.5 Å². The van der Waals surface area contributed by atoms with E-state index in [9.17, 15) is 13.2 Å². The predicted octanol–water partition coefficient (Wildman–Crippen LogP) is 4.84. The minimum absolute atomic E-state index is 0.00791. The van der Waals surface area contributed by atoms with E-state index < -0.39 is 15.9 Å². The van der Waals surface area contributed by atoms with E-state index >= 15 is 0 Å². The lowest BCUT2D eigenvalue weighted by Gasteiger charge is -2.12. The number of carbonyl (C=O) groups excluding carboxylic acids is 1. The van der Waals surface area contributed by atoms with Gasteiger partial charge < -0.3 is 10.1 Å². The summed E-state index contributed by atoms with van der Waals surface area (Å²) in [4.78, 5) is 12.7. The van der Waals surface area contributed by atoms with Crippen molar-refractivity contribution in [1.82, 2.24) is 0 Å². The lowest BCUT2D eigenvalue weighted by Crippen LogP contribution is -2.16. The molecular formula is C23H24N2O4S. The molecule has 0 heterocycles. The van der Waals surface area contributed by atoms with Crippen LogP contribution in [0.15, 0.2) is 77.7 Å². The fourth-order valence-electron chi connectivity index (χ4n) is 2.85. The first-order chi connectivity index (χ1) is 14.2. The van der Waals surface area contributed by atoms with Gasteiger partial charge in [-0.15, -0.1) is 0 Å². The maximum Gasteiger partial charge on any atom is 0.261 e. The molecule has 1 amide bonds. The second kappa shape index (κ2) is 9.00. The van der Waals surface area contributed by atoms with Crippen LogP contribution < -0.4 is 14.8 Å². The van der Waals surface area contributed by atoms with E-state index in [1.54, 1.807) is 48.5 Å². The number of carbonyl (C=O) groups is 1. The van der Waals surface area contributed by atoms with Crippen LogP contribution in [0.4, 0.5) is 11.4 Å². The molecule has 0 fully saturated rings.